The van der Waals surface area contributed by atoms with Gasteiger partial charge in [0.15, 0.2) is 0 Å². The van der Waals surface area contributed by atoms with Crippen LogP contribution < -0.4 is 5.32 Å². The molecule has 0 saturated heterocycles. The van der Waals surface area contributed by atoms with Crippen LogP contribution in [0, 0.1) is 17.8 Å². The molecule has 2 atom stereocenters. The fourth-order valence-corrected chi connectivity index (χ4v) is 1.81. The quantitative estimate of drug-likeness (QED) is 0.711. The number of carboxylic acid groups (broad SMARTS) is 1. The Morgan fingerprint density at radius 3 is 2.38 bits per heavy atom. The van der Waals surface area contributed by atoms with Crippen LogP contribution in [0.1, 0.15) is 26.7 Å². The number of carbonyl (C=O) groups is 2. The largest absolute Gasteiger partial charge is 0.481 e. The van der Waals surface area contributed by atoms with Gasteiger partial charge in [-0.1, -0.05) is 26.0 Å². The highest BCUT2D eigenvalue weighted by Crippen LogP contribution is 2.25. The molecule has 1 aliphatic rings. The molecule has 0 unspecified atom stereocenters. The number of carboxylic acids is 1. The fraction of sp³-hybridized carbons (Fsp3) is 0.667. The summed E-state index contributed by atoms with van der Waals surface area (Å²) in [7, 11) is 0. The van der Waals surface area contributed by atoms with E-state index < -0.39 is 17.8 Å². The molecule has 0 radical (unpaired) electrons. The van der Waals surface area contributed by atoms with Gasteiger partial charge in [0, 0.05) is 6.54 Å². The van der Waals surface area contributed by atoms with Gasteiger partial charge < -0.3 is 10.4 Å². The third-order valence-electron chi connectivity index (χ3n) is 2.77. The van der Waals surface area contributed by atoms with E-state index in [0.29, 0.717) is 25.3 Å². The Labute approximate surface area is 95.7 Å². The first-order valence-electron chi connectivity index (χ1n) is 5.68. The van der Waals surface area contributed by atoms with Crippen molar-refractivity contribution in [1.29, 1.82) is 0 Å². The van der Waals surface area contributed by atoms with Crippen LogP contribution in [-0.4, -0.2) is 23.5 Å². The van der Waals surface area contributed by atoms with E-state index in [1.54, 1.807) is 0 Å². The number of hydrogen-bond donors (Lipinski definition) is 2. The Morgan fingerprint density at radius 2 is 1.88 bits per heavy atom. The lowest BCUT2D eigenvalue weighted by Gasteiger charge is -2.24. The maximum Gasteiger partial charge on any atom is 0.307 e. The van der Waals surface area contributed by atoms with Crippen LogP contribution >= 0.6 is 0 Å². The van der Waals surface area contributed by atoms with Gasteiger partial charge in [0.1, 0.15) is 0 Å². The first-order valence-corrected chi connectivity index (χ1v) is 5.68. The molecule has 1 aliphatic carbocycles. The van der Waals surface area contributed by atoms with Gasteiger partial charge in [0.05, 0.1) is 11.8 Å². The van der Waals surface area contributed by atoms with Crippen LogP contribution in [0.25, 0.3) is 0 Å². The van der Waals surface area contributed by atoms with Crippen LogP contribution in [-0.2, 0) is 9.59 Å². The molecule has 4 heteroatoms. The second-order valence-corrected chi connectivity index (χ2v) is 4.63. The van der Waals surface area contributed by atoms with Gasteiger partial charge in [0.2, 0.25) is 5.91 Å². The Balaban J connectivity index is 2.58. The van der Waals surface area contributed by atoms with Gasteiger partial charge in [-0.15, -0.1) is 0 Å². The zero-order valence-electron chi connectivity index (χ0n) is 9.77. The third-order valence-corrected chi connectivity index (χ3v) is 2.77. The predicted molar refractivity (Wildman–Crippen MR) is 60.8 cm³/mol. The maximum atomic E-state index is 11.8. The second kappa shape index (κ2) is 5.68. The zero-order valence-corrected chi connectivity index (χ0v) is 9.77. The number of aliphatic carboxylic acids is 1. The Hall–Kier alpha value is -1.32. The maximum absolute atomic E-state index is 11.8. The number of nitrogens with one attached hydrogen (secondary N) is 1. The van der Waals surface area contributed by atoms with Gasteiger partial charge in [0.25, 0.3) is 0 Å². The Kier molecular flexibility index (Phi) is 4.52. The fourth-order valence-electron chi connectivity index (χ4n) is 1.81. The molecule has 0 saturated carbocycles. The molecule has 2 N–H and O–H groups in total. The Morgan fingerprint density at radius 1 is 1.31 bits per heavy atom. The number of amides is 1. The first kappa shape index (κ1) is 12.7. The molecule has 0 heterocycles. The highest BCUT2D eigenvalue weighted by atomic mass is 16.4. The van der Waals surface area contributed by atoms with Gasteiger partial charge in [-0.05, 0) is 18.8 Å². The van der Waals surface area contributed by atoms with E-state index in [1.165, 1.54) is 0 Å². The van der Waals surface area contributed by atoms with Crippen LogP contribution in [0.3, 0.4) is 0 Å². The summed E-state index contributed by atoms with van der Waals surface area (Å²) < 4.78 is 0. The van der Waals surface area contributed by atoms with E-state index in [0.717, 1.165) is 0 Å². The van der Waals surface area contributed by atoms with Crippen molar-refractivity contribution in [2.45, 2.75) is 26.7 Å². The minimum atomic E-state index is -0.881. The molecular formula is C12H19NO3. The van der Waals surface area contributed by atoms with E-state index in [9.17, 15) is 9.59 Å². The van der Waals surface area contributed by atoms with Crippen LogP contribution in [0.5, 0.6) is 0 Å². The lowest BCUT2D eigenvalue weighted by atomic mass is 9.82. The standard InChI is InChI=1S/C12H19NO3/c1-8(2)7-13-11(14)9-5-3-4-6-10(9)12(15)16/h3-4,8-10H,5-7H2,1-2H3,(H,13,14)(H,15,16)/t9-,10+/m0/s1. The average molecular weight is 225 g/mol. The van der Waals surface area contributed by atoms with Crippen molar-refractivity contribution >= 4 is 11.9 Å². The number of rotatable bonds is 4. The van der Waals surface area contributed by atoms with Crippen molar-refractivity contribution in [2.24, 2.45) is 17.8 Å². The van der Waals surface area contributed by atoms with Gasteiger partial charge >= 0.3 is 5.97 Å². The third kappa shape index (κ3) is 3.36. The van der Waals surface area contributed by atoms with Gasteiger partial charge in [-0.25, -0.2) is 0 Å². The average Bonchev–Trinajstić information content (AvgIpc) is 2.25. The van der Waals surface area contributed by atoms with E-state index >= 15 is 0 Å². The molecule has 16 heavy (non-hydrogen) atoms. The van der Waals surface area contributed by atoms with Crippen molar-refractivity contribution in [2.75, 3.05) is 6.54 Å². The lowest BCUT2D eigenvalue weighted by molar-refractivity contribution is -0.147. The zero-order chi connectivity index (χ0) is 12.1. The molecule has 4 nitrogen and oxygen atoms in total. The SMILES string of the molecule is CC(C)CNC(=O)[C@H]1CC=CC[C@H]1C(=O)O. The molecule has 0 aliphatic heterocycles. The summed E-state index contributed by atoms with van der Waals surface area (Å²) in [6.07, 6.45) is 4.71. The van der Waals surface area contributed by atoms with Crippen LogP contribution in [0.2, 0.25) is 0 Å². The molecule has 0 aromatic heterocycles. The van der Waals surface area contributed by atoms with E-state index in [-0.39, 0.29) is 5.91 Å². The summed E-state index contributed by atoms with van der Waals surface area (Å²) in [6, 6.07) is 0. The highest BCUT2D eigenvalue weighted by molar-refractivity contribution is 5.85. The van der Waals surface area contributed by atoms with Crippen molar-refractivity contribution < 1.29 is 14.7 Å². The first-order chi connectivity index (χ1) is 7.52. The normalized spacial score (nSPS) is 24.4. The smallest absolute Gasteiger partial charge is 0.307 e. The van der Waals surface area contributed by atoms with E-state index in [2.05, 4.69) is 5.32 Å². The summed E-state index contributed by atoms with van der Waals surface area (Å²) in [5, 5.41) is 11.8. The predicted octanol–water partition coefficient (Wildman–Crippen LogP) is 1.43. The summed E-state index contributed by atoms with van der Waals surface area (Å²) in [6.45, 7) is 4.62. The highest BCUT2D eigenvalue weighted by Gasteiger charge is 2.33. The number of allylic oxidation sites excluding steroid dienone is 2. The molecule has 1 rings (SSSR count). The molecule has 0 fully saturated rings. The van der Waals surface area contributed by atoms with Gasteiger partial charge in [-0.2, -0.15) is 0 Å². The molecule has 1 amide bonds. The van der Waals surface area contributed by atoms with Crippen molar-refractivity contribution in [3.8, 4) is 0 Å². The van der Waals surface area contributed by atoms with Gasteiger partial charge in [-0.3, -0.25) is 9.59 Å². The molecule has 0 aromatic rings. The Bertz CT molecular complexity index is 297. The van der Waals surface area contributed by atoms with Crippen LogP contribution in [0.15, 0.2) is 12.2 Å². The monoisotopic (exact) mass is 225 g/mol. The number of carbonyl (C=O) groups excluding carboxylic acids is 1. The lowest BCUT2D eigenvalue weighted by Crippen LogP contribution is -2.40. The summed E-state index contributed by atoms with van der Waals surface area (Å²) in [4.78, 5) is 22.8. The minimum absolute atomic E-state index is 0.134. The molecule has 90 valence electrons. The summed E-state index contributed by atoms with van der Waals surface area (Å²) >= 11 is 0. The van der Waals surface area contributed by atoms with Crippen LogP contribution in [0.4, 0.5) is 0 Å². The van der Waals surface area contributed by atoms with Crippen molar-refractivity contribution in [1.82, 2.24) is 5.32 Å². The summed E-state index contributed by atoms with van der Waals surface area (Å²) in [5.74, 6) is -1.62. The van der Waals surface area contributed by atoms with Crippen molar-refractivity contribution in [3.05, 3.63) is 12.2 Å². The number of hydrogen-bond acceptors (Lipinski definition) is 2. The van der Waals surface area contributed by atoms with Crippen molar-refractivity contribution in [3.63, 3.8) is 0 Å². The van der Waals surface area contributed by atoms with E-state index in [1.807, 2.05) is 26.0 Å². The minimum Gasteiger partial charge on any atom is -0.481 e. The summed E-state index contributed by atoms with van der Waals surface area (Å²) in [5.41, 5.74) is 0. The molecule has 0 bridgehead atoms. The topological polar surface area (TPSA) is 66.4 Å². The molecular weight excluding hydrogens is 206 g/mol. The molecule has 0 aromatic carbocycles. The van der Waals surface area contributed by atoms with E-state index in [4.69, 9.17) is 5.11 Å². The molecule has 0 spiro atoms. The second-order valence-electron chi connectivity index (χ2n) is 4.63.